The van der Waals surface area contributed by atoms with Crippen molar-refractivity contribution in [3.63, 3.8) is 0 Å². The molecule has 0 saturated carbocycles. The minimum absolute atomic E-state index is 0.153. The molecular weight excluding hydrogens is 271 g/mol. The molecule has 0 saturated heterocycles. The summed E-state index contributed by atoms with van der Waals surface area (Å²) < 4.78 is 32.3. The van der Waals surface area contributed by atoms with Gasteiger partial charge in [0.15, 0.2) is 6.10 Å². The van der Waals surface area contributed by atoms with E-state index in [4.69, 9.17) is 18.3 Å². The number of carbonyl (C=O) groups excluding carboxylic acids is 1. The van der Waals surface area contributed by atoms with E-state index >= 15 is 0 Å². The van der Waals surface area contributed by atoms with Crippen LogP contribution in [0, 0.1) is 0 Å². The van der Waals surface area contributed by atoms with E-state index in [0.717, 1.165) is 0 Å². The second kappa shape index (κ2) is 9.26. The molecule has 19 heavy (non-hydrogen) atoms. The van der Waals surface area contributed by atoms with Crippen LogP contribution in [0.25, 0.3) is 0 Å². The third kappa shape index (κ3) is 7.47. The molecule has 0 bridgehead atoms. The number of ether oxygens (including phenoxy) is 1. The lowest BCUT2D eigenvalue weighted by Gasteiger charge is -2.22. The average Bonchev–Trinajstić information content (AvgIpc) is 2.28. The maximum atomic E-state index is 12.2. The predicted octanol–water partition coefficient (Wildman–Crippen LogP) is 3.08. The van der Waals surface area contributed by atoms with Crippen molar-refractivity contribution in [3.05, 3.63) is 12.2 Å². The zero-order valence-electron chi connectivity index (χ0n) is 12.0. The molecule has 0 amide bonds. The second-order valence-corrected chi connectivity index (χ2v) is 5.41. The largest absolute Gasteiger partial charge is 0.475 e. The van der Waals surface area contributed by atoms with E-state index in [1.165, 1.54) is 0 Å². The van der Waals surface area contributed by atoms with Crippen LogP contribution in [-0.2, 0) is 27.7 Å². The topological polar surface area (TPSA) is 71.1 Å². The normalized spacial score (nSPS) is 13.1. The van der Waals surface area contributed by atoms with Crippen LogP contribution < -0.4 is 0 Å². The summed E-state index contributed by atoms with van der Waals surface area (Å²) >= 11 is 0. The molecule has 0 aromatic rings. The van der Waals surface area contributed by atoms with Gasteiger partial charge >= 0.3 is 13.8 Å². The summed E-state index contributed by atoms with van der Waals surface area (Å²) in [6.07, 6.45) is -0.843. The zero-order chi connectivity index (χ0) is 14.9. The molecule has 7 heteroatoms. The number of hydrogen-bond donors (Lipinski definition) is 0. The Hall–Kier alpha value is -0.680. The van der Waals surface area contributed by atoms with Crippen molar-refractivity contribution in [3.8, 4) is 0 Å². The van der Waals surface area contributed by atoms with E-state index in [-0.39, 0.29) is 26.2 Å². The third-order valence-electron chi connectivity index (χ3n) is 1.91. The van der Waals surface area contributed by atoms with Crippen molar-refractivity contribution in [1.29, 1.82) is 0 Å². The van der Waals surface area contributed by atoms with Crippen LogP contribution in [0.15, 0.2) is 12.2 Å². The molecule has 0 aliphatic heterocycles. The monoisotopic (exact) mass is 294 g/mol. The quantitative estimate of drug-likeness (QED) is 0.350. The Balaban J connectivity index is 4.88. The molecule has 0 fully saturated rings. The van der Waals surface area contributed by atoms with E-state index in [9.17, 15) is 9.36 Å². The van der Waals surface area contributed by atoms with Crippen LogP contribution in [0.5, 0.6) is 0 Å². The predicted molar refractivity (Wildman–Crippen MR) is 71.8 cm³/mol. The fourth-order valence-corrected chi connectivity index (χ4v) is 2.59. The lowest BCUT2D eigenvalue weighted by Crippen LogP contribution is -2.26. The Morgan fingerprint density at radius 2 is 1.68 bits per heavy atom. The highest BCUT2D eigenvalue weighted by atomic mass is 31.2. The summed E-state index contributed by atoms with van der Waals surface area (Å²) in [4.78, 5) is 11.7. The minimum atomic E-state index is -3.75. The third-order valence-corrected chi connectivity index (χ3v) is 3.58. The molecule has 0 aromatic carbocycles. The van der Waals surface area contributed by atoms with Gasteiger partial charge in [0.25, 0.3) is 0 Å². The molecule has 112 valence electrons. The number of hydrogen-bond acceptors (Lipinski definition) is 6. The number of esters is 1. The summed E-state index contributed by atoms with van der Waals surface area (Å²) in [6.45, 7) is 11.0. The first-order valence-electron chi connectivity index (χ1n) is 6.27. The molecule has 6 nitrogen and oxygen atoms in total. The highest BCUT2D eigenvalue weighted by molar-refractivity contribution is 7.48. The van der Waals surface area contributed by atoms with E-state index in [1.54, 1.807) is 27.7 Å². The Morgan fingerprint density at radius 1 is 1.16 bits per heavy atom. The van der Waals surface area contributed by atoms with E-state index in [1.807, 2.05) is 0 Å². The molecule has 0 rings (SSSR count). The molecule has 0 aliphatic carbocycles. The van der Waals surface area contributed by atoms with Gasteiger partial charge in [-0.1, -0.05) is 5.57 Å². The fourth-order valence-electron chi connectivity index (χ4n) is 1.29. The van der Waals surface area contributed by atoms with Gasteiger partial charge in [-0.15, -0.1) is 6.58 Å². The fraction of sp³-hybridized carbons (Fsp3) is 0.750. The molecule has 0 aliphatic rings. The first-order valence-corrected chi connectivity index (χ1v) is 7.73. The molecule has 0 unspecified atom stereocenters. The summed E-state index contributed by atoms with van der Waals surface area (Å²) in [5, 5.41) is 0. The zero-order valence-corrected chi connectivity index (χ0v) is 12.9. The van der Waals surface area contributed by atoms with Gasteiger partial charge in [-0.25, -0.2) is 9.36 Å². The lowest BCUT2D eigenvalue weighted by molar-refractivity contribution is -0.152. The van der Waals surface area contributed by atoms with Crippen LogP contribution in [0.1, 0.15) is 34.1 Å². The number of rotatable bonds is 10. The summed E-state index contributed by atoms with van der Waals surface area (Å²) in [5.74, 6) is -0.606. The van der Waals surface area contributed by atoms with Gasteiger partial charge in [0, 0.05) is 6.42 Å². The van der Waals surface area contributed by atoms with Crippen LogP contribution in [0.4, 0.5) is 0 Å². The van der Waals surface area contributed by atoms with Crippen molar-refractivity contribution in [2.24, 2.45) is 0 Å². The van der Waals surface area contributed by atoms with Gasteiger partial charge in [0.1, 0.15) is 0 Å². The molecule has 0 N–H and O–H groups in total. The average molecular weight is 294 g/mol. The van der Waals surface area contributed by atoms with Crippen molar-refractivity contribution >= 4 is 13.8 Å². The molecule has 0 heterocycles. The van der Waals surface area contributed by atoms with E-state index < -0.39 is 19.9 Å². The summed E-state index contributed by atoms with van der Waals surface area (Å²) in [7, 11) is -3.75. The Labute approximate surface area is 114 Å². The van der Waals surface area contributed by atoms with Crippen LogP contribution in [-0.4, -0.2) is 31.9 Å². The van der Waals surface area contributed by atoms with Crippen LogP contribution in [0.3, 0.4) is 0 Å². The molecule has 1 atom stereocenters. The maximum absolute atomic E-state index is 12.2. The Bertz CT molecular complexity index is 331. The lowest BCUT2D eigenvalue weighted by atomic mass is 10.1. The summed E-state index contributed by atoms with van der Waals surface area (Å²) in [6, 6.07) is 0. The van der Waals surface area contributed by atoms with Crippen molar-refractivity contribution in [2.45, 2.75) is 40.2 Å². The van der Waals surface area contributed by atoms with E-state index in [2.05, 4.69) is 6.58 Å². The molecule has 0 radical (unpaired) electrons. The molecular formula is C12H23O6P. The highest BCUT2D eigenvalue weighted by Crippen LogP contribution is 2.51. The SMILES string of the molecule is C=C(C)C[C@H](OP(=O)(OCC)OCC)C(=O)OCC. The van der Waals surface area contributed by atoms with Gasteiger partial charge in [0.05, 0.1) is 19.8 Å². The standard InChI is InChI=1S/C12H23O6P/c1-6-15-12(13)11(9-10(4)5)18-19(14,16-7-2)17-8-3/h11H,4,6-9H2,1-3,5H3/t11-/m0/s1. The minimum Gasteiger partial charge on any atom is -0.464 e. The maximum Gasteiger partial charge on any atom is 0.475 e. The van der Waals surface area contributed by atoms with Gasteiger partial charge in [0.2, 0.25) is 0 Å². The van der Waals surface area contributed by atoms with Gasteiger partial charge in [-0.2, -0.15) is 0 Å². The van der Waals surface area contributed by atoms with Crippen molar-refractivity contribution in [2.75, 3.05) is 19.8 Å². The first-order chi connectivity index (χ1) is 8.88. The smallest absolute Gasteiger partial charge is 0.464 e. The Morgan fingerprint density at radius 3 is 2.05 bits per heavy atom. The van der Waals surface area contributed by atoms with Crippen LogP contribution >= 0.6 is 7.82 Å². The second-order valence-electron chi connectivity index (χ2n) is 3.79. The highest BCUT2D eigenvalue weighted by Gasteiger charge is 2.34. The number of carbonyl (C=O) groups is 1. The van der Waals surface area contributed by atoms with Crippen LogP contribution in [0.2, 0.25) is 0 Å². The van der Waals surface area contributed by atoms with Crippen molar-refractivity contribution < 1.29 is 27.7 Å². The van der Waals surface area contributed by atoms with Gasteiger partial charge < -0.3 is 4.74 Å². The van der Waals surface area contributed by atoms with Gasteiger partial charge in [-0.05, 0) is 27.7 Å². The summed E-state index contributed by atoms with van der Waals surface area (Å²) in [5.41, 5.74) is 0.706. The van der Waals surface area contributed by atoms with Gasteiger partial charge in [-0.3, -0.25) is 13.6 Å². The molecule has 0 spiro atoms. The number of phosphoric ester groups is 1. The Kier molecular flexibility index (Phi) is 8.93. The molecule has 0 aromatic heterocycles. The first kappa shape index (κ1) is 18.3. The van der Waals surface area contributed by atoms with Crippen molar-refractivity contribution in [1.82, 2.24) is 0 Å². The van der Waals surface area contributed by atoms with E-state index in [0.29, 0.717) is 5.57 Å². The number of phosphoric acid groups is 1.